The molecule has 0 aliphatic carbocycles. The maximum Gasteiger partial charge on any atom is 0.347 e. The predicted molar refractivity (Wildman–Crippen MR) is 112 cm³/mol. The molecule has 2 rings (SSSR count). The van der Waals surface area contributed by atoms with Crippen LogP contribution < -0.4 is 10.1 Å². The third-order valence-corrected chi connectivity index (χ3v) is 4.38. The lowest BCUT2D eigenvalue weighted by Gasteiger charge is -2.15. The number of carbonyl (C=O) groups is 2. The fourth-order valence-electron chi connectivity index (χ4n) is 2.15. The molecule has 28 heavy (non-hydrogen) atoms. The molecule has 1 amide bonds. The van der Waals surface area contributed by atoms with Crippen LogP contribution in [0.25, 0.3) is 0 Å². The van der Waals surface area contributed by atoms with Crippen molar-refractivity contribution >= 4 is 52.4 Å². The van der Waals surface area contributed by atoms with Crippen LogP contribution in [-0.2, 0) is 9.53 Å². The maximum absolute atomic E-state index is 12.4. The summed E-state index contributed by atoms with van der Waals surface area (Å²) in [6.45, 7) is 5.84. The number of ether oxygens (including phenoxy) is 2. The molecule has 0 radical (unpaired) electrons. The number of nitrogens with one attached hydrogen (secondary N) is 1. The van der Waals surface area contributed by atoms with Gasteiger partial charge in [-0.05, 0) is 49.2 Å². The van der Waals surface area contributed by atoms with Gasteiger partial charge in [0.2, 0.25) is 0 Å². The van der Waals surface area contributed by atoms with Gasteiger partial charge in [-0.1, -0.05) is 48.7 Å². The molecular formula is C20H20Cl3NO4. The highest BCUT2D eigenvalue weighted by Gasteiger charge is 2.17. The number of hydrogen-bond acceptors (Lipinski definition) is 4. The fourth-order valence-corrected chi connectivity index (χ4v) is 3.06. The van der Waals surface area contributed by atoms with Gasteiger partial charge in [0.25, 0.3) is 5.91 Å². The predicted octanol–water partition coefficient (Wildman–Crippen LogP) is 5.87. The molecule has 2 aromatic rings. The van der Waals surface area contributed by atoms with Crippen LogP contribution in [0.4, 0.5) is 5.69 Å². The Morgan fingerprint density at radius 3 is 2.11 bits per heavy atom. The first kappa shape index (κ1) is 22.3. The quantitative estimate of drug-likeness (QED) is 0.543. The number of anilines is 1. The highest BCUT2D eigenvalue weighted by molar-refractivity contribution is 6.42. The number of esters is 1. The van der Waals surface area contributed by atoms with E-state index in [4.69, 9.17) is 44.3 Å². The largest absolute Gasteiger partial charge is 0.479 e. The zero-order valence-corrected chi connectivity index (χ0v) is 17.9. The zero-order valence-electron chi connectivity index (χ0n) is 15.6. The molecule has 0 aliphatic rings. The Hall–Kier alpha value is -1.95. The Labute approximate surface area is 178 Å². The molecule has 0 bridgehead atoms. The van der Waals surface area contributed by atoms with E-state index in [9.17, 15) is 9.59 Å². The van der Waals surface area contributed by atoms with Crippen LogP contribution >= 0.6 is 34.8 Å². The Kier molecular flexibility index (Phi) is 7.98. The van der Waals surface area contributed by atoms with Crippen LogP contribution in [0.2, 0.25) is 15.1 Å². The number of benzene rings is 2. The van der Waals surface area contributed by atoms with Crippen molar-refractivity contribution in [2.45, 2.75) is 26.9 Å². The van der Waals surface area contributed by atoms with Crippen LogP contribution in [0.1, 0.15) is 31.1 Å². The molecule has 1 unspecified atom stereocenters. The lowest BCUT2D eigenvalue weighted by Crippen LogP contribution is -2.27. The molecule has 0 saturated heterocycles. The normalized spacial score (nSPS) is 11.8. The topological polar surface area (TPSA) is 64.6 Å². The third-order valence-electron chi connectivity index (χ3n) is 3.57. The molecule has 0 aliphatic heterocycles. The first-order valence-electron chi connectivity index (χ1n) is 8.56. The van der Waals surface area contributed by atoms with Crippen LogP contribution in [-0.4, -0.2) is 24.6 Å². The standard InChI is InChI=1S/C20H20Cl3NO4/c1-11(2)10-27-20(26)12(3)28-15-6-4-13(5-7-15)19(25)24-18-16(22)8-14(21)9-17(18)23/h4-9,11-12H,10H2,1-3H3,(H,24,25). The van der Waals surface area contributed by atoms with Gasteiger partial charge in [0.05, 0.1) is 22.3 Å². The first-order chi connectivity index (χ1) is 13.2. The summed E-state index contributed by atoms with van der Waals surface area (Å²) >= 11 is 18.0. The van der Waals surface area contributed by atoms with Crippen molar-refractivity contribution in [3.63, 3.8) is 0 Å². The minimum absolute atomic E-state index is 0.236. The number of carbonyl (C=O) groups excluding carboxylic acids is 2. The van der Waals surface area contributed by atoms with Gasteiger partial charge < -0.3 is 14.8 Å². The van der Waals surface area contributed by atoms with Gasteiger partial charge in [-0.2, -0.15) is 0 Å². The molecule has 0 aromatic heterocycles. The van der Waals surface area contributed by atoms with E-state index in [1.165, 1.54) is 12.1 Å². The van der Waals surface area contributed by atoms with Crippen LogP contribution in [0.5, 0.6) is 5.75 Å². The summed E-state index contributed by atoms with van der Waals surface area (Å²) in [7, 11) is 0. The van der Waals surface area contributed by atoms with Crippen molar-refractivity contribution in [2.24, 2.45) is 5.92 Å². The number of hydrogen-bond donors (Lipinski definition) is 1. The first-order valence-corrected chi connectivity index (χ1v) is 9.70. The van der Waals surface area contributed by atoms with E-state index >= 15 is 0 Å². The molecule has 0 saturated carbocycles. The van der Waals surface area contributed by atoms with Gasteiger partial charge in [-0.15, -0.1) is 0 Å². The second kappa shape index (κ2) is 10.0. The van der Waals surface area contributed by atoms with E-state index < -0.39 is 18.0 Å². The van der Waals surface area contributed by atoms with Crippen molar-refractivity contribution in [1.82, 2.24) is 0 Å². The minimum atomic E-state index is -0.759. The van der Waals surface area contributed by atoms with Gasteiger partial charge in [0.15, 0.2) is 6.10 Å². The molecular weight excluding hydrogens is 425 g/mol. The van der Waals surface area contributed by atoms with E-state index in [0.717, 1.165) is 0 Å². The summed E-state index contributed by atoms with van der Waals surface area (Å²) in [5.41, 5.74) is 0.643. The van der Waals surface area contributed by atoms with Crippen LogP contribution in [0.15, 0.2) is 36.4 Å². The zero-order chi connectivity index (χ0) is 20.8. The minimum Gasteiger partial charge on any atom is -0.479 e. The smallest absolute Gasteiger partial charge is 0.347 e. The summed E-state index contributed by atoms with van der Waals surface area (Å²) in [6, 6.07) is 9.28. The van der Waals surface area contributed by atoms with Gasteiger partial charge >= 0.3 is 5.97 Å². The Morgan fingerprint density at radius 1 is 1.00 bits per heavy atom. The molecule has 5 nitrogen and oxygen atoms in total. The highest BCUT2D eigenvalue weighted by Crippen LogP contribution is 2.34. The second-order valence-electron chi connectivity index (χ2n) is 6.51. The molecule has 150 valence electrons. The molecule has 0 spiro atoms. The molecule has 0 heterocycles. The van der Waals surface area contributed by atoms with Crippen LogP contribution in [0, 0.1) is 5.92 Å². The summed E-state index contributed by atoms with van der Waals surface area (Å²) < 4.78 is 10.7. The molecule has 1 atom stereocenters. The van der Waals surface area contributed by atoms with Crippen molar-refractivity contribution in [3.05, 3.63) is 57.0 Å². The van der Waals surface area contributed by atoms with E-state index in [1.807, 2.05) is 13.8 Å². The highest BCUT2D eigenvalue weighted by atomic mass is 35.5. The monoisotopic (exact) mass is 443 g/mol. The maximum atomic E-state index is 12.4. The fraction of sp³-hybridized carbons (Fsp3) is 0.300. The number of rotatable bonds is 7. The average molecular weight is 445 g/mol. The summed E-state index contributed by atoms with van der Waals surface area (Å²) in [6.07, 6.45) is -0.759. The van der Waals surface area contributed by atoms with E-state index in [0.29, 0.717) is 22.9 Å². The lowest BCUT2D eigenvalue weighted by atomic mass is 10.2. The van der Waals surface area contributed by atoms with E-state index in [2.05, 4.69) is 5.32 Å². The Balaban J connectivity index is 2.00. The van der Waals surface area contributed by atoms with Crippen molar-refractivity contribution in [2.75, 3.05) is 11.9 Å². The lowest BCUT2D eigenvalue weighted by molar-refractivity contribution is -0.152. The van der Waals surface area contributed by atoms with Gasteiger partial charge in [-0.25, -0.2) is 4.79 Å². The Morgan fingerprint density at radius 2 is 1.57 bits per heavy atom. The summed E-state index contributed by atoms with van der Waals surface area (Å²) in [5, 5.41) is 3.49. The molecule has 0 fully saturated rings. The van der Waals surface area contributed by atoms with E-state index in [-0.39, 0.29) is 21.7 Å². The van der Waals surface area contributed by atoms with Crippen molar-refractivity contribution < 1.29 is 19.1 Å². The molecule has 8 heteroatoms. The van der Waals surface area contributed by atoms with E-state index in [1.54, 1.807) is 31.2 Å². The van der Waals surface area contributed by atoms with Crippen molar-refractivity contribution in [1.29, 1.82) is 0 Å². The SMILES string of the molecule is CC(C)COC(=O)C(C)Oc1ccc(C(=O)Nc2c(Cl)cc(Cl)cc2Cl)cc1. The van der Waals surface area contributed by atoms with Gasteiger partial charge in [-0.3, -0.25) is 4.79 Å². The number of amides is 1. The molecule has 2 aromatic carbocycles. The van der Waals surface area contributed by atoms with Crippen LogP contribution in [0.3, 0.4) is 0 Å². The van der Waals surface area contributed by atoms with Gasteiger partial charge in [0, 0.05) is 10.6 Å². The number of halogens is 3. The summed E-state index contributed by atoms with van der Waals surface area (Å²) in [4.78, 5) is 24.3. The summed E-state index contributed by atoms with van der Waals surface area (Å²) in [5.74, 6) is -0.158. The second-order valence-corrected chi connectivity index (χ2v) is 7.76. The van der Waals surface area contributed by atoms with Crippen molar-refractivity contribution in [3.8, 4) is 5.75 Å². The third kappa shape index (κ3) is 6.30. The Bertz CT molecular complexity index is 830. The van der Waals surface area contributed by atoms with Gasteiger partial charge in [0.1, 0.15) is 5.75 Å². The average Bonchev–Trinajstić information content (AvgIpc) is 2.62. The molecule has 1 N–H and O–H groups in total.